The number of hydrogen-bond donors (Lipinski definition) is 2. The summed E-state index contributed by atoms with van der Waals surface area (Å²) >= 11 is 0. The Bertz CT molecular complexity index is 1190. The molecule has 35 heavy (non-hydrogen) atoms. The lowest BCUT2D eigenvalue weighted by Crippen LogP contribution is -2.56. The maximum absolute atomic E-state index is 13.7. The number of hydrogen-bond acceptors (Lipinski definition) is 5. The largest absolute Gasteiger partial charge is 0.485 e. The number of nitrogens with one attached hydrogen (secondary N) is 2. The van der Waals surface area contributed by atoms with Gasteiger partial charge in [0.2, 0.25) is 15.9 Å². The zero-order chi connectivity index (χ0) is 25.2. The Morgan fingerprint density at radius 1 is 1.03 bits per heavy atom. The molecule has 1 spiro atoms. The van der Waals surface area contributed by atoms with Crippen LogP contribution in [0.1, 0.15) is 39.2 Å². The van der Waals surface area contributed by atoms with Crippen molar-refractivity contribution in [1.29, 1.82) is 0 Å². The normalized spacial score (nSPS) is 17.9. The smallest absolute Gasteiger partial charge is 0.317 e. The average Bonchev–Trinajstić information content (AvgIpc) is 2.96. The quantitative estimate of drug-likeness (QED) is 0.670. The second kappa shape index (κ2) is 9.87. The standard InChI is InChI=1S/C25H32N4O5S/c1-18(2)26-24(31)28-14-12-25(13-15-28)17-29(16-20-6-4-5-7-23(20)34-25)35(32,33)22-10-8-21(9-11-22)27-19(3)30/h4-11,18H,12-17H2,1-3H3,(H,26,31)(H,27,30). The number of rotatable bonds is 4. The van der Waals surface area contributed by atoms with Crippen LogP contribution >= 0.6 is 0 Å². The van der Waals surface area contributed by atoms with Crippen LogP contribution in [0.2, 0.25) is 0 Å². The van der Waals surface area contributed by atoms with Gasteiger partial charge in [0.05, 0.1) is 11.4 Å². The summed E-state index contributed by atoms with van der Waals surface area (Å²) in [5.74, 6) is 0.448. The van der Waals surface area contributed by atoms with Crippen molar-refractivity contribution in [3.63, 3.8) is 0 Å². The number of amides is 3. The van der Waals surface area contributed by atoms with E-state index in [-0.39, 0.29) is 36.0 Å². The summed E-state index contributed by atoms with van der Waals surface area (Å²) < 4.78 is 35.4. The van der Waals surface area contributed by atoms with Crippen molar-refractivity contribution >= 4 is 27.6 Å². The molecule has 2 aromatic rings. The Labute approximate surface area is 206 Å². The number of benzene rings is 2. The van der Waals surface area contributed by atoms with Gasteiger partial charge in [0.1, 0.15) is 11.4 Å². The molecule has 0 aromatic heterocycles. The summed E-state index contributed by atoms with van der Waals surface area (Å²) in [7, 11) is -3.85. The Balaban J connectivity index is 1.61. The number of piperidine rings is 1. The van der Waals surface area contributed by atoms with Gasteiger partial charge < -0.3 is 20.3 Å². The van der Waals surface area contributed by atoms with E-state index in [9.17, 15) is 18.0 Å². The van der Waals surface area contributed by atoms with E-state index in [1.54, 1.807) is 17.0 Å². The molecule has 9 nitrogen and oxygen atoms in total. The highest BCUT2D eigenvalue weighted by Crippen LogP contribution is 2.37. The molecule has 0 bridgehead atoms. The molecule has 2 aliphatic rings. The van der Waals surface area contributed by atoms with E-state index in [2.05, 4.69) is 10.6 Å². The molecule has 1 saturated heterocycles. The number of anilines is 1. The number of likely N-dealkylation sites (tertiary alicyclic amines) is 1. The van der Waals surface area contributed by atoms with Crippen molar-refractivity contribution in [1.82, 2.24) is 14.5 Å². The van der Waals surface area contributed by atoms with E-state index in [0.717, 1.165) is 5.56 Å². The summed E-state index contributed by atoms with van der Waals surface area (Å²) in [5.41, 5.74) is 0.581. The van der Waals surface area contributed by atoms with Crippen molar-refractivity contribution in [3.05, 3.63) is 54.1 Å². The lowest BCUT2D eigenvalue weighted by molar-refractivity contribution is -0.114. The van der Waals surface area contributed by atoms with E-state index >= 15 is 0 Å². The summed E-state index contributed by atoms with van der Waals surface area (Å²) in [6.45, 7) is 6.54. The van der Waals surface area contributed by atoms with Crippen LogP contribution in [0.15, 0.2) is 53.4 Å². The summed E-state index contributed by atoms with van der Waals surface area (Å²) in [6, 6.07) is 13.6. The molecule has 2 heterocycles. The maximum Gasteiger partial charge on any atom is 0.317 e. The van der Waals surface area contributed by atoms with Crippen molar-refractivity contribution in [2.45, 2.75) is 56.7 Å². The number of urea groups is 1. The molecular formula is C25H32N4O5S. The van der Waals surface area contributed by atoms with Crippen molar-refractivity contribution < 1.29 is 22.7 Å². The fraction of sp³-hybridized carbons (Fsp3) is 0.440. The third-order valence-corrected chi connectivity index (χ3v) is 8.10. The predicted octanol–water partition coefficient (Wildman–Crippen LogP) is 3.18. The number of para-hydroxylation sites is 1. The van der Waals surface area contributed by atoms with Gasteiger partial charge >= 0.3 is 6.03 Å². The summed E-state index contributed by atoms with van der Waals surface area (Å²) in [6.07, 6.45) is 1.03. The van der Waals surface area contributed by atoms with Crippen LogP contribution in [0, 0.1) is 0 Å². The number of nitrogens with zero attached hydrogens (tertiary/aromatic N) is 2. The monoisotopic (exact) mass is 500 g/mol. The van der Waals surface area contributed by atoms with Gasteiger partial charge in [0.15, 0.2) is 0 Å². The van der Waals surface area contributed by atoms with Gasteiger partial charge in [0.25, 0.3) is 0 Å². The average molecular weight is 501 g/mol. The third-order valence-electron chi connectivity index (χ3n) is 6.30. The second-order valence-corrected chi connectivity index (χ2v) is 11.4. The van der Waals surface area contributed by atoms with Crippen LogP contribution in [0.25, 0.3) is 0 Å². The number of sulfonamides is 1. The van der Waals surface area contributed by atoms with Crippen molar-refractivity contribution in [2.75, 3.05) is 25.0 Å². The molecule has 188 valence electrons. The number of carbonyl (C=O) groups is 2. The number of ether oxygens (including phenoxy) is 1. The fourth-order valence-corrected chi connectivity index (χ4v) is 6.01. The summed E-state index contributed by atoms with van der Waals surface area (Å²) in [5, 5.41) is 5.57. The molecule has 4 rings (SSSR count). The minimum Gasteiger partial charge on any atom is -0.485 e. The Morgan fingerprint density at radius 2 is 1.69 bits per heavy atom. The number of fused-ring (bicyclic) bond motifs is 1. The predicted molar refractivity (Wildman–Crippen MR) is 133 cm³/mol. The van der Waals surface area contributed by atoms with Crippen LogP contribution in [0.4, 0.5) is 10.5 Å². The Kier molecular flexibility index (Phi) is 7.05. The zero-order valence-electron chi connectivity index (χ0n) is 20.3. The van der Waals surface area contributed by atoms with Gasteiger partial charge in [-0.25, -0.2) is 13.2 Å². The van der Waals surface area contributed by atoms with Gasteiger partial charge in [0, 0.05) is 56.7 Å². The molecule has 0 radical (unpaired) electrons. The van der Waals surface area contributed by atoms with E-state index in [1.165, 1.54) is 23.4 Å². The molecule has 2 N–H and O–H groups in total. The van der Waals surface area contributed by atoms with Crippen LogP contribution in [0.3, 0.4) is 0 Å². The van der Waals surface area contributed by atoms with Crippen LogP contribution in [-0.2, 0) is 21.4 Å². The molecule has 2 aromatic carbocycles. The lowest BCUT2D eigenvalue weighted by Gasteiger charge is -2.42. The van der Waals surface area contributed by atoms with Gasteiger partial charge in [-0.2, -0.15) is 4.31 Å². The van der Waals surface area contributed by atoms with Gasteiger partial charge in [-0.3, -0.25) is 4.79 Å². The fourth-order valence-electron chi connectivity index (χ4n) is 4.52. The minimum atomic E-state index is -3.85. The zero-order valence-corrected chi connectivity index (χ0v) is 21.1. The molecule has 0 atom stereocenters. The van der Waals surface area contributed by atoms with E-state index < -0.39 is 15.6 Å². The Morgan fingerprint density at radius 3 is 2.31 bits per heavy atom. The van der Waals surface area contributed by atoms with Crippen LogP contribution in [0.5, 0.6) is 5.75 Å². The number of carbonyl (C=O) groups excluding carboxylic acids is 2. The maximum atomic E-state index is 13.7. The first kappa shape index (κ1) is 25.0. The van der Waals surface area contributed by atoms with E-state index in [0.29, 0.717) is 37.4 Å². The van der Waals surface area contributed by atoms with Crippen LogP contribution < -0.4 is 15.4 Å². The van der Waals surface area contributed by atoms with E-state index in [1.807, 2.05) is 38.1 Å². The minimum absolute atomic E-state index is 0.0389. The molecule has 0 unspecified atom stereocenters. The molecule has 3 amide bonds. The molecular weight excluding hydrogens is 468 g/mol. The van der Waals surface area contributed by atoms with Crippen molar-refractivity contribution in [3.8, 4) is 5.75 Å². The first-order chi connectivity index (χ1) is 16.6. The molecule has 2 aliphatic heterocycles. The van der Waals surface area contributed by atoms with Crippen molar-refractivity contribution in [2.24, 2.45) is 0 Å². The second-order valence-electron chi connectivity index (χ2n) is 9.46. The van der Waals surface area contributed by atoms with Crippen LogP contribution in [-0.4, -0.2) is 60.8 Å². The third kappa shape index (κ3) is 5.59. The van der Waals surface area contributed by atoms with E-state index in [4.69, 9.17) is 4.74 Å². The molecule has 0 saturated carbocycles. The SMILES string of the molecule is CC(=O)Nc1ccc(S(=O)(=O)N2Cc3ccccc3OC3(CCN(C(=O)NC(C)C)CC3)C2)cc1. The summed E-state index contributed by atoms with van der Waals surface area (Å²) in [4.78, 5) is 25.7. The topological polar surface area (TPSA) is 108 Å². The first-order valence-corrected chi connectivity index (χ1v) is 13.2. The highest BCUT2D eigenvalue weighted by Gasteiger charge is 2.44. The van der Waals surface area contributed by atoms with Gasteiger partial charge in [-0.05, 0) is 44.2 Å². The molecule has 0 aliphatic carbocycles. The van der Waals surface area contributed by atoms with Gasteiger partial charge in [-0.1, -0.05) is 18.2 Å². The lowest BCUT2D eigenvalue weighted by atomic mass is 9.91. The highest BCUT2D eigenvalue weighted by molar-refractivity contribution is 7.89. The Hall–Kier alpha value is -3.11. The molecule has 1 fully saturated rings. The van der Waals surface area contributed by atoms with Gasteiger partial charge in [-0.15, -0.1) is 0 Å². The molecule has 10 heteroatoms. The highest BCUT2D eigenvalue weighted by atomic mass is 32.2. The first-order valence-electron chi connectivity index (χ1n) is 11.8.